The van der Waals surface area contributed by atoms with Gasteiger partial charge >= 0.3 is 0 Å². The average molecular weight is 285 g/mol. The Hall–Kier alpha value is 0.217. The van der Waals surface area contributed by atoms with Gasteiger partial charge in [-0.25, -0.2) is 0 Å². The van der Waals surface area contributed by atoms with E-state index < -0.39 is 8.07 Å². The minimum Gasteiger partial charge on any atom is -0.0678 e. The smallest absolute Gasteiger partial charge is 0.0530 e. The van der Waals surface area contributed by atoms with Crippen LogP contribution in [-0.4, -0.2) is 8.07 Å². The molecular formula is C18H40Si. The van der Waals surface area contributed by atoms with Crippen LogP contribution in [0.1, 0.15) is 86.0 Å². The molecule has 0 bridgehead atoms. The fourth-order valence-electron chi connectivity index (χ4n) is 3.50. The molecule has 0 aliphatic carbocycles. The van der Waals surface area contributed by atoms with Crippen molar-refractivity contribution in [2.24, 2.45) is 5.92 Å². The largest absolute Gasteiger partial charge is 0.0678 e. The van der Waals surface area contributed by atoms with Crippen LogP contribution in [0.4, 0.5) is 0 Å². The van der Waals surface area contributed by atoms with Crippen molar-refractivity contribution in [1.82, 2.24) is 0 Å². The average Bonchev–Trinajstić information content (AvgIpc) is 2.46. The summed E-state index contributed by atoms with van der Waals surface area (Å²) < 4.78 is 0. The van der Waals surface area contributed by atoms with Crippen LogP contribution in [0.15, 0.2) is 0 Å². The second kappa shape index (κ2) is 12.0. The van der Waals surface area contributed by atoms with Gasteiger partial charge in [0, 0.05) is 0 Å². The summed E-state index contributed by atoms with van der Waals surface area (Å²) in [7, 11) is -0.899. The molecule has 1 heteroatoms. The van der Waals surface area contributed by atoms with Crippen LogP contribution in [0.2, 0.25) is 24.2 Å². The van der Waals surface area contributed by atoms with Crippen LogP contribution in [0, 0.1) is 5.92 Å². The number of hydrogen-bond donors (Lipinski definition) is 0. The van der Waals surface area contributed by atoms with E-state index >= 15 is 0 Å². The third-order valence-corrected chi connectivity index (χ3v) is 11.3. The highest BCUT2D eigenvalue weighted by Gasteiger charge is 2.29. The van der Waals surface area contributed by atoms with E-state index in [0.717, 1.165) is 5.92 Å². The summed E-state index contributed by atoms with van der Waals surface area (Å²) in [5.41, 5.74) is 0. The lowest BCUT2D eigenvalue weighted by atomic mass is 9.97. The molecule has 0 heterocycles. The molecule has 0 aromatic heterocycles. The van der Waals surface area contributed by atoms with Gasteiger partial charge in [-0.3, -0.25) is 0 Å². The molecule has 0 aromatic carbocycles. The highest BCUT2D eigenvalue weighted by molar-refractivity contribution is 6.79. The van der Waals surface area contributed by atoms with E-state index in [-0.39, 0.29) is 0 Å². The van der Waals surface area contributed by atoms with Crippen molar-refractivity contribution in [3.8, 4) is 0 Å². The molecule has 0 aliphatic rings. The summed E-state index contributed by atoms with van der Waals surface area (Å²) in [4.78, 5) is 0. The SMILES string of the molecule is CCCCCCC(CCCC)C[Si](CC)(CC)CC. The molecule has 0 radical (unpaired) electrons. The second-order valence-corrected chi connectivity index (χ2v) is 12.2. The Bertz CT molecular complexity index is 176. The predicted molar refractivity (Wildman–Crippen MR) is 93.8 cm³/mol. The first-order valence-corrected chi connectivity index (χ1v) is 12.0. The number of unbranched alkanes of at least 4 members (excludes halogenated alkanes) is 4. The lowest BCUT2D eigenvalue weighted by molar-refractivity contribution is 0.438. The molecule has 0 amide bonds. The Kier molecular flexibility index (Phi) is 12.1. The third-order valence-electron chi connectivity index (χ3n) is 5.40. The summed E-state index contributed by atoms with van der Waals surface area (Å²) in [6.45, 7) is 12.1. The van der Waals surface area contributed by atoms with Gasteiger partial charge in [0.25, 0.3) is 0 Å². The molecule has 1 unspecified atom stereocenters. The van der Waals surface area contributed by atoms with Gasteiger partial charge in [-0.05, 0) is 5.92 Å². The van der Waals surface area contributed by atoms with E-state index in [1.54, 1.807) is 6.04 Å². The van der Waals surface area contributed by atoms with Gasteiger partial charge in [-0.1, -0.05) is 110 Å². The maximum Gasteiger partial charge on any atom is 0.0530 e. The lowest BCUT2D eigenvalue weighted by Crippen LogP contribution is -2.33. The molecule has 0 fully saturated rings. The van der Waals surface area contributed by atoms with Crippen LogP contribution in [-0.2, 0) is 0 Å². The zero-order valence-electron chi connectivity index (χ0n) is 14.6. The molecule has 0 aliphatic heterocycles. The Balaban J connectivity index is 4.30. The molecule has 0 aromatic rings. The van der Waals surface area contributed by atoms with Crippen molar-refractivity contribution in [3.05, 3.63) is 0 Å². The van der Waals surface area contributed by atoms with E-state index in [1.165, 1.54) is 69.5 Å². The first-order valence-electron chi connectivity index (χ1n) is 9.17. The van der Waals surface area contributed by atoms with E-state index in [2.05, 4.69) is 34.6 Å². The van der Waals surface area contributed by atoms with Gasteiger partial charge in [-0.2, -0.15) is 0 Å². The van der Waals surface area contributed by atoms with Gasteiger partial charge in [0.1, 0.15) is 0 Å². The van der Waals surface area contributed by atoms with Crippen molar-refractivity contribution in [1.29, 1.82) is 0 Å². The zero-order chi connectivity index (χ0) is 14.6. The predicted octanol–water partition coefficient (Wildman–Crippen LogP) is 7.27. The third kappa shape index (κ3) is 8.17. The summed E-state index contributed by atoms with van der Waals surface area (Å²) in [5, 5.41) is 0. The zero-order valence-corrected chi connectivity index (χ0v) is 15.6. The highest BCUT2D eigenvalue weighted by atomic mass is 28.3. The van der Waals surface area contributed by atoms with Gasteiger partial charge in [0.05, 0.1) is 8.07 Å². The molecule has 116 valence electrons. The molecule has 0 nitrogen and oxygen atoms in total. The van der Waals surface area contributed by atoms with Gasteiger partial charge in [-0.15, -0.1) is 0 Å². The number of hydrogen-bond acceptors (Lipinski definition) is 0. The Morgan fingerprint density at radius 3 is 1.63 bits per heavy atom. The summed E-state index contributed by atoms with van der Waals surface area (Å²) in [5.74, 6) is 1.06. The summed E-state index contributed by atoms with van der Waals surface area (Å²) >= 11 is 0. The normalized spacial score (nSPS) is 13.7. The standard InChI is InChI=1S/C18H40Si/c1-6-11-13-14-16-18(15-12-7-2)17-19(8-3,9-4)10-5/h18H,6-17H2,1-5H3. The van der Waals surface area contributed by atoms with Crippen molar-refractivity contribution in [3.63, 3.8) is 0 Å². The minimum absolute atomic E-state index is 0.899. The Labute approximate surface area is 124 Å². The highest BCUT2D eigenvalue weighted by Crippen LogP contribution is 2.33. The molecule has 0 N–H and O–H groups in total. The molecule has 1 atom stereocenters. The Morgan fingerprint density at radius 1 is 0.632 bits per heavy atom. The quantitative estimate of drug-likeness (QED) is 0.246. The number of rotatable bonds is 13. The van der Waals surface area contributed by atoms with Gasteiger partial charge in [0.2, 0.25) is 0 Å². The van der Waals surface area contributed by atoms with Crippen LogP contribution in [0.3, 0.4) is 0 Å². The topological polar surface area (TPSA) is 0 Å². The van der Waals surface area contributed by atoms with Crippen molar-refractivity contribution >= 4 is 8.07 Å². The van der Waals surface area contributed by atoms with E-state index in [1.807, 2.05) is 0 Å². The summed E-state index contributed by atoms with van der Waals surface area (Å²) in [6, 6.07) is 6.16. The summed E-state index contributed by atoms with van der Waals surface area (Å²) in [6.07, 6.45) is 11.6. The Morgan fingerprint density at radius 2 is 1.16 bits per heavy atom. The maximum atomic E-state index is 2.47. The van der Waals surface area contributed by atoms with Crippen molar-refractivity contribution in [2.75, 3.05) is 0 Å². The molecule has 0 saturated carbocycles. The van der Waals surface area contributed by atoms with E-state index in [9.17, 15) is 0 Å². The molecule has 0 saturated heterocycles. The molecule has 19 heavy (non-hydrogen) atoms. The van der Waals surface area contributed by atoms with E-state index in [4.69, 9.17) is 0 Å². The maximum absolute atomic E-state index is 2.47. The van der Waals surface area contributed by atoms with E-state index in [0.29, 0.717) is 0 Å². The molecule has 0 rings (SSSR count). The van der Waals surface area contributed by atoms with Crippen molar-refractivity contribution in [2.45, 2.75) is 110 Å². The first kappa shape index (κ1) is 19.2. The molecule has 0 spiro atoms. The first-order chi connectivity index (χ1) is 9.17. The monoisotopic (exact) mass is 284 g/mol. The van der Waals surface area contributed by atoms with Crippen molar-refractivity contribution < 1.29 is 0 Å². The van der Waals surface area contributed by atoms with Gasteiger partial charge < -0.3 is 0 Å². The fourth-order valence-corrected chi connectivity index (χ4v) is 7.50. The minimum atomic E-state index is -0.899. The van der Waals surface area contributed by atoms with Crippen LogP contribution < -0.4 is 0 Å². The fraction of sp³-hybridized carbons (Fsp3) is 1.00. The lowest BCUT2D eigenvalue weighted by Gasteiger charge is -2.33. The van der Waals surface area contributed by atoms with Gasteiger partial charge in [0.15, 0.2) is 0 Å². The molecular weight excluding hydrogens is 244 g/mol. The van der Waals surface area contributed by atoms with Crippen LogP contribution in [0.25, 0.3) is 0 Å². The second-order valence-electron chi connectivity index (χ2n) is 6.62. The van der Waals surface area contributed by atoms with Crippen LogP contribution in [0.5, 0.6) is 0 Å². The van der Waals surface area contributed by atoms with Crippen LogP contribution >= 0.6 is 0 Å².